The van der Waals surface area contributed by atoms with Crippen molar-refractivity contribution < 1.29 is 24.2 Å². The number of nitrogens with zero attached hydrogens (tertiary/aromatic N) is 2. The van der Waals surface area contributed by atoms with Crippen LogP contribution in [0.2, 0.25) is 0 Å². The van der Waals surface area contributed by atoms with Crippen LogP contribution in [0.4, 0.5) is 0 Å². The van der Waals surface area contributed by atoms with E-state index < -0.39 is 30.2 Å². The molecule has 0 fully saturated rings. The number of aliphatic carboxylic acids is 1. The molecule has 0 aliphatic carbocycles. The number of primary amides is 1. The third-order valence-electron chi connectivity index (χ3n) is 2.29. The standard InChI is InChI=1S/C10H14N4O5/c1-14-8(19-2)4-5(13-14)9(16)12-6(10(17)18)3-7(11)15/h4,6H,3H2,1-2H3,(H2,11,15)(H,12,16)(H,17,18). The summed E-state index contributed by atoms with van der Waals surface area (Å²) < 4.78 is 6.24. The molecule has 2 amide bonds. The molecule has 1 aromatic heterocycles. The van der Waals surface area contributed by atoms with E-state index in [2.05, 4.69) is 10.4 Å². The highest BCUT2D eigenvalue weighted by Gasteiger charge is 2.24. The fourth-order valence-electron chi connectivity index (χ4n) is 1.39. The van der Waals surface area contributed by atoms with Crippen LogP contribution in [0.5, 0.6) is 5.88 Å². The van der Waals surface area contributed by atoms with E-state index in [1.165, 1.54) is 17.9 Å². The molecule has 4 N–H and O–H groups in total. The number of hydrogen-bond donors (Lipinski definition) is 3. The van der Waals surface area contributed by atoms with Crippen molar-refractivity contribution in [3.63, 3.8) is 0 Å². The van der Waals surface area contributed by atoms with Gasteiger partial charge in [0.05, 0.1) is 13.5 Å². The van der Waals surface area contributed by atoms with Crippen molar-refractivity contribution in [2.75, 3.05) is 7.11 Å². The number of nitrogens with two attached hydrogens (primary N) is 1. The van der Waals surface area contributed by atoms with Crippen LogP contribution in [0.15, 0.2) is 6.07 Å². The number of aryl methyl sites for hydroxylation is 1. The van der Waals surface area contributed by atoms with Crippen LogP contribution in [-0.2, 0) is 16.6 Å². The molecule has 1 aromatic rings. The second-order valence-electron chi connectivity index (χ2n) is 3.73. The summed E-state index contributed by atoms with van der Waals surface area (Å²) in [4.78, 5) is 33.3. The van der Waals surface area contributed by atoms with Crippen molar-refractivity contribution in [2.24, 2.45) is 12.8 Å². The van der Waals surface area contributed by atoms with Gasteiger partial charge in [-0.3, -0.25) is 9.59 Å². The molecule has 0 aliphatic rings. The third-order valence-corrected chi connectivity index (χ3v) is 2.29. The zero-order valence-corrected chi connectivity index (χ0v) is 10.4. The maximum atomic E-state index is 11.8. The fourth-order valence-corrected chi connectivity index (χ4v) is 1.39. The fraction of sp³-hybridized carbons (Fsp3) is 0.400. The minimum Gasteiger partial charge on any atom is -0.481 e. The number of ether oxygens (including phenoxy) is 1. The molecule has 1 atom stereocenters. The Morgan fingerprint density at radius 2 is 2.21 bits per heavy atom. The van der Waals surface area contributed by atoms with E-state index in [0.717, 1.165) is 0 Å². The monoisotopic (exact) mass is 270 g/mol. The summed E-state index contributed by atoms with van der Waals surface area (Å²) in [7, 11) is 2.97. The second-order valence-corrected chi connectivity index (χ2v) is 3.73. The second kappa shape index (κ2) is 5.85. The molecule has 19 heavy (non-hydrogen) atoms. The van der Waals surface area contributed by atoms with Gasteiger partial charge in [-0.2, -0.15) is 5.10 Å². The number of carbonyl (C=O) groups excluding carboxylic acids is 2. The van der Waals surface area contributed by atoms with Crippen molar-refractivity contribution >= 4 is 17.8 Å². The van der Waals surface area contributed by atoms with Gasteiger partial charge in [0.2, 0.25) is 11.8 Å². The Morgan fingerprint density at radius 1 is 1.58 bits per heavy atom. The lowest BCUT2D eigenvalue weighted by atomic mass is 10.2. The van der Waals surface area contributed by atoms with E-state index in [0.29, 0.717) is 5.88 Å². The molecule has 104 valence electrons. The van der Waals surface area contributed by atoms with E-state index in [-0.39, 0.29) is 5.69 Å². The van der Waals surface area contributed by atoms with E-state index in [9.17, 15) is 14.4 Å². The van der Waals surface area contributed by atoms with Crippen LogP contribution < -0.4 is 15.8 Å². The Kier molecular flexibility index (Phi) is 4.46. The highest BCUT2D eigenvalue weighted by molar-refractivity contribution is 5.96. The molecule has 0 aliphatic heterocycles. The maximum Gasteiger partial charge on any atom is 0.326 e. The largest absolute Gasteiger partial charge is 0.481 e. The highest BCUT2D eigenvalue weighted by atomic mass is 16.5. The number of rotatable bonds is 6. The number of methoxy groups -OCH3 is 1. The molecule has 1 rings (SSSR count). The van der Waals surface area contributed by atoms with Gasteiger partial charge in [0.25, 0.3) is 5.91 Å². The molecule has 0 aromatic carbocycles. The van der Waals surface area contributed by atoms with Gasteiger partial charge in [-0.1, -0.05) is 0 Å². The molecule has 1 unspecified atom stereocenters. The van der Waals surface area contributed by atoms with Gasteiger partial charge in [-0.25, -0.2) is 9.48 Å². The molecule has 1 heterocycles. The molecule has 0 saturated heterocycles. The molecule has 0 bridgehead atoms. The molecule has 9 heteroatoms. The van der Waals surface area contributed by atoms with Crippen LogP contribution in [-0.4, -0.2) is 45.8 Å². The Labute approximate surface area is 108 Å². The van der Waals surface area contributed by atoms with Gasteiger partial charge in [0, 0.05) is 13.1 Å². The summed E-state index contributed by atoms with van der Waals surface area (Å²) >= 11 is 0. The number of carbonyl (C=O) groups is 3. The van der Waals surface area contributed by atoms with Gasteiger partial charge in [-0.05, 0) is 0 Å². The number of amides is 2. The number of nitrogens with one attached hydrogen (secondary N) is 1. The minimum atomic E-state index is -1.39. The third kappa shape index (κ3) is 3.69. The average molecular weight is 270 g/mol. The summed E-state index contributed by atoms with van der Waals surface area (Å²) in [5.74, 6) is -2.57. The number of carboxylic acid groups (broad SMARTS) is 1. The van der Waals surface area contributed by atoms with E-state index in [1.54, 1.807) is 7.05 Å². The normalized spacial score (nSPS) is 11.7. The number of hydrogen-bond acceptors (Lipinski definition) is 5. The van der Waals surface area contributed by atoms with Gasteiger partial charge in [0.1, 0.15) is 6.04 Å². The lowest BCUT2D eigenvalue weighted by Gasteiger charge is -2.11. The van der Waals surface area contributed by atoms with Crippen LogP contribution in [0.25, 0.3) is 0 Å². The quantitative estimate of drug-likeness (QED) is 0.574. The zero-order chi connectivity index (χ0) is 14.6. The first kappa shape index (κ1) is 14.5. The number of carboxylic acids is 1. The SMILES string of the molecule is COc1cc(C(=O)NC(CC(N)=O)C(=O)O)nn1C. The maximum absolute atomic E-state index is 11.8. The Hall–Kier alpha value is -2.58. The topological polar surface area (TPSA) is 137 Å². The van der Waals surface area contributed by atoms with Crippen LogP contribution in [0.1, 0.15) is 16.9 Å². The summed E-state index contributed by atoms with van der Waals surface area (Å²) in [5, 5.41) is 14.9. The van der Waals surface area contributed by atoms with Crippen molar-refractivity contribution in [1.82, 2.24) is 15.1 Å². The summed E-state index contributed by atoms with van der Waals surface area (Å²) in [5.41, 5.74) is 4.88. The summed E-state index contributed by atoms with van der Waals surface area (Å²) in [6.07, 6.45) is -0.495. The predicted octanol–water partition coefficient (Wildman–Crippen LogP) is -1.51. The van der Waals surface area contributed by atoms with E-state index in [4.69, 9.17) is 15.6 Å². The van der Waals surface area contributed by atoms with Crippen molar-refractivity contribution in [3.05, 3.63) is 11.8 Å². The van der Waals surface area contributed by atoms with Crippen LogP contribution >= 0.6 is 0 Å². The van der Waals surface area contributed by atoms with Gasteiger partial charge in [0.15, 0.2) is 5.69 Å². The smallest absolute Gasteiger partial charge is 0.326 e. The van der Waals surface area contributed by atoms with Crippen molar-refractivity contribution in [3.8, 4) is 5.88 Å². The van der Waals surface area contributed by atoms with Gasteiger partial charge >= 0.3 is 5.97 Å². The summed E-state index contributed by atoms with van der Waals surface area (Å²) in [6.45, 7) is 0. The molecule has 0 radical (unpaired) electrons. The van der Waals surface area contributed by atoms with E-state index >= 15 is 0 Å². The summed E-state index contributed by atoms with van der Waals surface area (Å²) in [6, 6.07) is -0.0450. The Balaban J connectivity index is 2.81. The first-order chi connectivity index (χ1) is 8.85. The Bertz CT molecular complexity index is 510. The Morgan fingerprint density at radius 3 is 2.63 bits per heavy atom. The molecule has 0 spiro atoms. The lowest BCUT2D eigenvalue weighted by molar-refractivity contribution is -0.140. The van der Waals surface area contributed by atoms with Crippen molar-refractivity contribution in [2.45, 2.75) is 12.5 Å². The van der Waals surface area contributed by atoms with Gasteiger partial charge < -0.3 is 20.9 Å². The number of aromatic nitrogens is 2. The van der Waals surface area contributed by atoms with E-state index in [1.807, 2.05) is 0 Å². The first-order valence-electron chi connectivity index (χ1n) is 5.25. The molecular weight excluding hydrogens is 256 g/mol. The molecule has 9 nitrogen and oxygen atoms in total. The first-order valence-corrected chi connectivity index (χ1v) is 5.25. The van der Waals surface area contributed by atoms with Gasteiger partial charge in [-0.15, -0.1) is 0 Å². The lowest BCUT2D eigenvalue weighted by Crippen LogP contribution is -2.43. The highest BCUT2D eigenvalue weighted by Crippen LogP contribution is 2.11. The minimum absolute atomic E-state index is 0.0185. The average Bonchev–Trinajstić information content (AvgIpc) is 2.69. The predicted molar refractivity (Wildman–Crippen MR) is 62.5 cm³/mol. The van der Waals surface area contributed by atoms with Crippen molar-refractivity contribution in [1.29, 1.82) is 0 Å². The van der Waals surface area contributed by atoms with Crippen LogP contribution in [0.3, 0.4) is 0 Å². The molecular formula is C10H14N4O5. The molecule has 0 saturated carbocycles. The van der Waals surface area contributed by atoms with Crippen LogP contribution in [0, 0.1) is 0 Å². The zero-order valence-electron chi connectivity index (χ0n) is 10.4.